The Morgan fingerprint density at radius 2 is 1.88 bits per heavy atom. The van der Waals surface area contributed by atoms with Crippen LogP contribution >= 0.6 is 11.6 Å². The van der Waals surface area contributed by atoms with Gasteiger partial charge >= 0.3 is 0 Å². The predicted octanol–water partition coefficient (Wildman–Crippen LogP) is 3.09. The first-order valence-corrected chi connectivity index (χ1v) is 9.45. The smallest absolute Gasteiger partial charge is 0.243 e. The number of carbonyl (C=O) groups excluding carboxylic acids is 1. The van der Waals surface area contributed by atoms with Gasteiger partial charge in [-0.2, -0.15) is 0 Å². The molecule has 6 nitrogen and oxygen atoms in total. The fourth-order valence-electron chi connectivity index (χ4n) is 2.15. The standard InChI is InChI=1S/C17H19ClFN3O3S/c1-11-4-6-13(9-16(11)26(24,25)22(2)3)20-10-17(23)21-15-7-5-12(19)8-14(15)18/h4-9,20H,10H2,1-3H3,(H,21,23). The van der Waals surface area contributed by atoms with E-state index in [9.17, 15) is 17.6 Å². The van der Waals surface area contributed by atoms with Gasteiger partial charge in [-0.15, -0.1) is 0 Å². The van der Waals surface area contributed by atoms with Crippen molar-refractivity contribution >= 4 is 38.9 Å². The quantitative estimate of drug-likeness (QED) is 0.782. The van der Waals surface area contributed by atoms with Crippen LogP contribution in [0.3, 0.4) is 0 Å². The fraction of sp³-hybridized carbons (Fsp3) is 0.235. The number of benzene rings is 2. The molecule has 26 heavy (non-hydrogen) atoms. The Bertz CT molecular complexity index is 933. The maximum atomic E-state index is 13.0. The van der Waals surface area contributed by atoms with Gasteiger partial charge in [0.15, 0.2) is 0 Å². The van der Waals surface area contributed by atoms with Crippen LogP contribution in [0.2, 0.25) is 5.02 Å². The molecule has 2 N–H and O–H groups in total. The lowest BCUT2D eigenvalue weighted by Gasteiger charge is -2.15. The number of nitrogens with one attached hydrogen (secondary N) is 2. The van der Waals surface area contributed by atoms with E-state index in [1.807, 2.05) is 0 Å². The Hall–Kier alpha value is -2.16. The van der Waals surface area contributed by atoms with Crippen molar-refractivity contribution in [3.8, 4) is 0 Å². The zero-order valence-electron chi connectivity index (χ0n) is 14.5. The Kier molecular flexibility index (Phi) is 6.22. The minimum absolute atomic E-state index is 0.0908. The van der Waals surface area contributed by atoms with Crippen LogP contribution in [0.25, 0.3) is 0 Å². The van der Waals surface area contributed by atoms with E-state index in [2.05, 4.69) is 10.6 Å². The van der Waals surface area contributed by atoms with E-state index in [0.717, 1.165) is 10.4 Å². The van der Waals surface area contributed by atoms with Crippen LogP contribution in [0.4, 0.5) is 15.8 Å². The molecule has 0 aliphatic carbocycles. The summed E-state index contributed by atoms with van der Waals surface area (Å²) in [7, 11) is -0.681. The molecule has 0 aromatic heterocycles. The molecular weight excluding hydrogens is 381 g/mol. The Labute approximate surface area is 157 Å². The molecule has 0 aliphatic heterocycles. The number of nitrogens with zero attached hydrogens (tertiary/aromatic N) is 1. The second kappa shape index (κ2) is 8.03. The molecule has 0 spiro atoms. The second-order valence-corrected chi connectivity index (χ2v) is 8.32. The number of carbonyl (C=O) groups is 1. The van der Waals surface area contributed by atoms with Crippen LogP contribution in [-0.2, 0) is 14.8 Å². The number of hydrogen-bond donors (Lipinski definition) is 2. The van der Waals surface area contributed by atoms with Crippen molar-refractivity contribution in [2.75, 3.05) is 31.3 Å². The van der Waals surface area contributed by atoms with Gasteiger partial charge in [-0.1, -0.05) is 17.7 Å². The van der Waals surface area contributed by atoms with Gasteiger partial charge in [0.05, 0.1) is 22.2 Å². The van der Waals surface area contributed by atoms with Crippen molar-refractivity contribution in [1.29, 1.82) is 0 Å². The Morgan fingerprint density at radius 3 is 2.50 bits per heavy atom. The summed E-state index contributed by atoms with van der Waals surface area (Å²) in [4.78, 5) is 12.2. The van der Waals surface area contributed by atoms with E-state index >= 15 is 0 Å². The highest BCUT2D eigenvalue weighted by atomic mass is 35.5. The Morgan fingerprint density at radius 1 is 1.19 bits per heavy atom. The zero-order chi connectivity index (χ0) is 19.5. The van der Waals surface area contributed by atoms with Crippen molar-refractivity contribution < 1.29 is 17.6 Å². The molecule has 0 radical (unpaired) electrons. The van der Waals surface area contributed by atoms with E-state index in [-0.39, 0.29) is 16.5 Å². The molecule has 2 rings (SSSR count). The van der Waals surface area contributed by atoms with E-state index in [1.165, 1.54) is 32.3 Å². The molecule has 0 saturated carbocycles. The SMILES string of the molecule is Cc1ccc(NCC(=O)Nc2ccc(F)cc2Cl)cc1S(=O)(=O)N(C)C. The maximum Gasteiger partial charge on any atom is 0.243 e. The lowest BCUT2D eigenvalue weighted by atomic mass is 10.2. The average molecular weight is 400 g/mol. The van der Waals surface area contributed by atoms with Crippen molar-refractivity contribution in [3.63, 3.8) is 0 Å². The van der Waals surface area contributed by atoms with Gasteiger partial charge in [-0.25, -0.2) is 17.1 Å². The van der Waals surface area contributed by atoms with E-state index in [4.69, 9.17) is 11.6 Å². The zero-order valence-corrected chi connectivity index (χ0v) is 16.1. The van der Waals surface area contributed by atoms with Gasteiger partial charge in [0, 0.05) is 19.8 Å². The fourth-order valence-corrected chi connectivity index (χ4v) is 3.51. The van der Waals surface area contributed by atoms with Crippen molar-refractivity contribution in [1.82, 2.24) is 4.31 Å². The molecule has 2 aromatic rings. The molecule has 0 fully saturated rings. The van der Waals surface area contributed by atoms with Gasteiger partial charge in [0.25, 0.3) is 0 Å². The number of aryl methyl sites for hydroxylation is 1. The molecule has 0 bridgehead atoms. The number of halogens is 2. The first-order valence-electron chi connectivity index (χ1n) is 7.63. The largest absolute Gasteiger partial charge is 0.376 e. The molecule has 140 valence electrons. The molecule has 0 saturated heterocycles. The van der Waals surface area contributed by atoms with Gasteiger partial charge in [0.1, 0.15) is 5.82 Å². The number of hydrogen-bond acceptors (Lipinski definition) is 4. The van der Waals surface area contributed by atoms with Crippen LogP contribution in [0.5, 0.6) is 0 Å². The third-order valence-corrected chi connectivity index (χ3v) is 5.87. The van der Waals surface area contributed by atoms with Gasteiger partial charge < -0.3 is 10.6 Å². The molecule has 0 atom stereocenters. The van der Waals surface area contributed by atoms with Crippen molar-refractivity contribution in [2.24, 2.45) is 0 Å². The average Bonchev–Trinajstić information content (AvgIpc) is 2.56. The summed E-state index contributed by atoms with van der Waals surface area (Å²) in [6.07, 6.45) is 0. The van der Waals surface area contributed by atoms with Crippen molar-refractivity contribution in [2.45, 2.75) is 11.8 Å². The summed E-state index contributed by atoms with van der Waals surface area (Å²) < 4.78 is 38.8. The molecular formula is C17H19ClFN3O3S. The number of rotatable bonds is 6. The minimum atomic E-state index is -3.59. The minimum Gasteiger partial charge on any atom is -0.376 e. The predicted molar refractivity (Wildman–Crippen MR) is 101 cm³/mol. The van der Waals surface area contributed by atoms with Gasteiger partial charge in [-0.3, -0.25) is 4.79 Å². The van der Waals surface area contributed by atoms with E-state index < -0.39 is 21.7 Å². The summed E-state index contributed by atoms with van der Waals surface area (Å²) in [5, 5.41) is 5.51. The number of anilines is 2. The maximum absolute atomic E-state index is 13.0. The van der Waals surface area contributed by atoms with E-state index in [0.29, 0.717) is 16.9 Å². The highest BCUT2D eigenvalue weighted by Crippen LogP contribution is 2.23. The summed E-state index contributed by atoms with van der Waals surface area (Å²) in [6, 6.07) is 8.47. The van der Waals surface area contributed by atoms with Crippen LogP contribution in [0.1, 0.15) is 5.56 Å². The van der Waals surface area contributed by atoms with Crippen molar-refractivity contribution in [3.05, 3.63) is 52.8 Å². The second-order valence-electron chi connectivity index (χ2n) is 5.79. The monoisotopic (exact) mass is 399 g/mol. The van der Waals surface area contributed by atoms with E-state index in [1.54, 1.807) is 19.1 Å². The highest BCUT2D eigenvalue weighted by Gasteiger charge is 2.20. The number of sulfonamides is 1. The van der Waals surface area contributed by atoms with Gasteiger partial charge in [-0.05, 0) is 42.8 Å². The Balaban J connectivity index is 2.09. The van der Waals surface area contributed by atoms with Crippen LogP contribution in [-0.4, -0.2) is 39.3 Å². The first kappa shape index (κ1) is 20.2. The van der Waals surface area contributed by atoms with Crippen LogP contribution < -0.4 is 10.6 Å². The summed E-state index contributed by atoms with van der Waals surface area (Å²) in [5.41, 5.74) is 1.38. The lowest BCUT2D eigenvalue weighted by molar-refractivity contribution is -0.114. The summed E-state index contributed by atoms with van der Waals surface area (Å²) >= 11 is 5.86. The first-order chi connectivity index (χ1) is 12.1. The van der Waals surface area contributed by atoms with Crippen LogP contribution in [0, 0.1) is 12.7 Å². The molecule has 2 aromatic carbocycles. The highest BCUT2D eigenvalue weighted by molar-refractivity contribution is 7.89. The lowest BCUT2D eigenvalue weighted by Crippen LogP contribution is -2.24. The van der Waals surface area contributed by atoms with Gasteiger partial charge in [0.2, 0.25) is 15.9 Å². The molecule has 1 amide bonds. The van der Waals surface area contributed by atoms with Crippen LogP contribution in [0.15, 0.2) is 41.3 Å². The number of amides is 1. The summed E-state index contributed by atoms with van der Waals surface area (Å²) in [6.45, 7) is 1.58. The molecule has 0 unspecified atom stereocenters. The summed E-state index contributed by atoms with van der Waals surface area (Å²) in [5.74, 6) is -0.906. The third-order valence-electron chi connectivity index (χ3n) is 3.61. The molecule has 0 aliphatic rings. The molecule has 9 heteroatoms. The molecule has 0 heterocycles. The topological polar surface area (TPSA) is 78.5 Å². The normalized spacial score (nSPS) is 11.5. The third kappa shape index (κ3) is 4.72.